The zero-order chi connectivity index (χ0) is 12.5. The molecule has 0 atom stereocenters. The molecule has 0 bridgehead atoms. The average Bonchev–Trinajstić information content (AvgIpc) is 2.35. The molecule has 0 heterocycles. The first-order chi connectivity index (χ1) is 8.27. The molecule has 0 fully saturated rings. The van der Waals surface area contributed by atoms with E-state index in [0.717, 1.165) is 12.3 Å². The molecule has 0 saturated heterocycles. The maximum Gasteiger partial charge on any atom is 0.238 e. The molecule has 0 aliphatic rings. The number of hydrogen-bond acceptors (Lipinski definition) is 4. The molecule has 0 unspecified atom stereocenters. The van der Waals surface area contributed by atoms with Crippen molar-refractivity contribution >= 4 is 23.4 Å². The van der Waals surface area contributed by atoms with E-state index >= 15 is 0 Å². The summed E-state index contributed by atoms with van der Waals surface area (Å²) in [5.74, 6) is 1.61. The van der Waals surface area contributed by atoms with Crippen molar-refractivity contribution in [1.29, 1.82) is 0 Å². The molecule has 0 aliphatic carbocycles. The number of anilines is 1. The Morgan fingerprint density at radius 3 is 2.88 bits per heavy atom. The molecular formula is C12H18N2O2S. The summed E-state index contributed by atoms with van der Waals surface area (Å²) in [5, 5.41) is 5.88. The van der Waals surface area contributed by atoms with Crippen LogP contribution in [0.25, 0.3) is 0 Å². The second-order valence-electron chi connectivity index (χ2n) is 3.42. The van der Waals surface area contributed by atoms with E-state index in [9.17, 15) is 4.79 Å². The van der Waals surface area contributed by atoms with Crippen molar-refractivity contribution in [2.75, 3.05) is 37.5 Å². The lowest BCUT2D eigenvalue weighted by atomic mass is 10.3. The van der Waals surface area contributed by atoms with Gasteiger partial charge in [-0.3, -0.25) is 4.79 Å². The Labute approximate surface area is 106 Å². The maximum atomic E-state index is 11.6. The van der Waals surface area contributed by atoms with Gasteiger partial charge in [0.1, 0.15) is 5.75 Å². The minimum absolute atomic E-state index is 0.0596. The van der Waals surface area contributed by atoms with Crippen molar-refractivity contribution in [2.24, 2.45) is 0 Å². The highest BCUT2D eigenvalue weighted by atomic mass is 32.2. The third-order valence-electron chi connectivity index (χ3n) is 2.15. The summed E-state index contributed by atoms with van der Waals surface area (Å²) >= 11 is 1.75. The molecule has 0 saturated carbocycles. The largest absolute Gasteiger partial charge is 0.495 e. The zero-order valence-corrected chi connectivity index (χ0v) is 11.0. The molecule has 1 rings (SSSR count). The summed E-state index contributed by atoms with van der Waals surface area (Å²) in [6, 6.07) is 7.36. The smallest absolute Gasteiger partial charge is 0.238 e. The standard InChI is InChI=1S/C12H18N2O2S/c1-16-11-6-4-3-5-10(11)14-12(15)9-13-7-8-17-2/h3-6,13H,7-9H2,1-2H3,(H,14,15). The number of carbonyl (C=O) groups excluding carboxylic acids is 1. The molecule has 1 amide bonds. The fourth-order valence-electron chi connectivity index (χ4n) is 1.32. The van der Waals surface area contributed by atoms with Gasteiger partial charge in [-0.25, -0.2) is 0 Å². The first-order valence-electron chi connectivity index (χ1n) is 5.40. The van der Waals surface area contributed by atoms with Crippen LogP contribution < -0.4 is 15.4 Å². The monoisotopic (exact) mass is 254 g/mol. The normalized spacial score (nSPS) is 10.0. The van der Waals surface area contributed by atoms with Crippen LogP contribution in [0.15, 0.2) is 24.3 Å². The van der Waals surface area contributed by atoms with Gasteiger partial charge in [-0.15, -0.1) is 0 Å². The van der Waals surface area contributed by atoms with Crippen LogP contribution in [0.3, 0.4) is 0 Å². The lowest BCUT2D eigenvalue weighted by Gasteiger charge is -2.10. The van der Waals surface area contributed by atoms with Gasteiger partial charge in [0.15, 0.2) is 0 Å². The molecule has 1 aromatic carbocycles. The predicted molar refractivity (Wildman–Crippen MR) is 72.9 cm³/mol. The Bertz CT molecular complexity index is 358. The minimum Gasteiger partial charge on any atom is -0.495 e. The van der Waals surface area contributed by atoms with Crippen molar-refractivity contribution in [2.45, 2.75) is 0 Å². The molecule has 1 aromatic rings. The number of nitrogens with one attached hydrogen (secondary N) is 2. The highest BCUT2D eigenvalue weighted by Gasteiger charge is 2.05. The quantitative estimate of drug-likeness (QED) is 0.726. The summed E-state index contributed by atoms with van der Waals surface area (Å²) < 4.78 is 5.15. The van der Waals surface area contributed by atoms with E-state index in [2.05, 4.69) is 10.6 Å². The molecule has 0 aromatic heterocycles. The average molecular weight is 254 g/mol. The van der Waals surface area contributed by atoms with E-state index in [4.69, 9.17) is 4.74 Å². The van der Waals surface area contributed by atoms with Gasteiger partial charge in [-0.1, -0.05) is 12.1 Å². The first kappa shape index (κ1) is 13.9. The number of rotatable bonds is 7. The van der Waals surface area contributed by atoms with E-state index in [1.54, 1.807) is 18.9 Å². The molecule has 4 nitrogen and oxygen atoms in total. The highest BCUT2D eigenvalue weighted by Crippen LogP contribution is 2.22. The number of methoxy groups -OCH3 is 1. The third kappa shape index (κ3) is 5.10. The lowest BCUT2D eigenvalue weighted by Crippen LogP contribution is -2.29. The summed E-state index contributed by atoms with van der Waals surface area (Å²) in [6.07, 6.45) is 2.04. The van der Waals surface area contributed by atoms with Crippen LogP contribution in [0.4, 0.5) is 5.69 Å². The van der Waals surface area contributed by atoms with E-state index in [0.29, 0.717) is 18.0 Å². The van der Waals surface area contributed by atoms with Gasteiger partial charge in [0, 0.05) is 12.3 Å². The van der Waals surface area contributed by atoms with Crippen molar-refractivity contribution in [3.8, 4) is 5.75 Å². The van der Waals surface area contributed by atoms with Gasteiger partial charge in [-0.05, 0) is 18.4 Å². The van der Waals surface area contributed by atoms with Crippen LogP contribution in [0.5, 0.6) is 5.75 Å². The predicted octanol–water partition coefficient (Wildman–Crippen LogP) is 1.59. The van der Waals surface area contributed by atoms with Gasteiger partial charge in [0.25, 0.3) is 0 Å². The van der Waals surface area contributed by atoms with Crippen LogP contribution >= 0.6 is 11.8 Å². The molecular weight excluding hydrogens is 236 g/mol. The lowest BCUT2D eigenvalue weighted by molar-refractivity contribution is -0.115. The second-order valence-corrected chi connectivity index (χ2v) is 4.40. The van der Waals surface area contributed by atoms with Crippen LogP contribution in [0.2, 0.25) is 0 Å². The summed E-state index contributed by atoms with van der Waals surface area (Å²) in [5.41, 5.74) is 0.701. The van der Waals surface area contributed by atoms with Gasteiger partial charge < -0.3 is 15.4 Å². The van der Waals surface area contributed by atoms with E-state index in [-0.39, 0.29) is 5.91 Å². The number of thioether (sulfide) groups is 1. The topological polar surface area (TPSA) is 50.4 Å². The van der Waals surface area contributed by atoms with Gasteiger partial charge in [-0.2, -0.15) is 11.8 Å². The highest BCUT2D eigenvalue weighted by molar-refractivity contribution is 7.98. The zero-order valence-electron chi connectivity index (χ0n) is 10.2. The molecule has 0 aliphatic heterocycles. The number of ether oxygens (including phenoxy) is 1. The number of amides is 1. The van der Waals surface area contributed by atoms with Crippen molar-refractivity contribution < 1.29 is 9.53 Å². The van der Waals surface area contributed by atoms with E-state index < -0.39 is 0 Å². The number of carbonyl (C=O) groups is 1. The van der Waals surface area contributed by atoms with E-state index in [1.165, 1.54) is 0 Å². The van der Waals surface area contributed by atoms with Crippen LogP contribution in [0.1, 0.15) is 0 Å². The Kier molecular flexibility index (Phi) is 6.50. The first-order valence-corrected chi connectivity index (χ1v) is 6.80. The maximum absolute atomic E-state index is 11.6. The van der Waals surface area contributed by atoms with Crippen LogP contribution in [0, 0.1) is 0 Å². The Hall–Kier alpha value is -1.20. The van der Waals surface area contributed by atoms with E-state index in [1.807, 2.05) is 30.5 Å². The second kappa shape index (κ2) is 7.97. The Morgan fingerprint density at radius 1 is 1.41 bits per heavy atom. The van der Waals surface area contributed by atoms with Gasteiger partial charge in [0.05, 0.1) is 19.3 Å². The molecule has 2 N–H and O–H groups in total. The minimum atomic E-state index is -0.0596. The van der Waals surface area contributed by atoms with Crippen molar-refractivity contribution in [3.63, 3.8) is 0 Å². The van der Waals surface area contributed by atoms with Crippen molar-refractivity contribution in [3.05, 3.63) is 24.3 Å². The number of para-hydroxylation sites is 2. The Balaban J connectivity index is 2.39. The number of benzene rings is 1. The molecule has 5 heteroatoms. The fraction of sp³-hybridized carbons (Fsp3) is 0.417. The summed E-state index contributed by atoms with van der Waals surface area (Å²) in [6.45, 7) is 1.15. The van der Waals surface area contributed by atoms with Gasteiger partial charge >= 0.3 is 0 Å². The summed E-state index contributed by atoms with van der Waals surface area (Å²) in [4.78, 5) is 11.6. The van der Waals surface area contributed by atoms with Crippen molar-refractivity contribution in [1.82, 2.24) is 5.32 Å². The van der Waals surface area contributed by atoms with Gasteiger partial charge in [0.2, 0.25) is 5.91 Å². The fourth-order valence-corrected chi connectivity index (χ4v) is 1.67. The summed E-state index contributed by atoms with van der Waals surface area (Å²) in [7, 11) is 1.59. The van der Waals surface area contributed by atoms with Crippen LogP contribution in [-0.4, -0.2) is 38.1 Å². The third-order valence-corrected chi connectivity index (χ3v) is 2.76. The SMILES string of the molecule is COc1ccccc1NC(=O)CNCCSC. The molecule has 94 valence electrons. The molecule has 0 spiro atoms. The molecule has 17 heavy (non-hydrogen) atoms. The molecule has 0 radical (unpaired) electrons. The Morgan fingerprint density at radius 2 is 2.18 bits per heavy atom. The number of hydrogen-bond donors (Lipinski definition) is 2. The van der Waals surface area contributed by atoms with Crippen LogP contribution in [-0.2, 0) is 4.79 Å².